The number of carboxylic acids is 1. The van der Waals surface area contributed by atoms with Crippen molar-refractivity contribution in [2.45, 2.75) is 31.8 Å². The summed E-state index contributed by atoms with van der Waals surface area (Å²) in [4.78, 5) is 11.2. The van der Waals surface area contributed by atoms with E-state index in [1.165, 1.54) is 12.2 Å². The molecule has 0 bridgehead atoms. The zero-order valence-electron chi connectivity index (χ0n) is 20.4. The monoisotopic (exact) mass is 580 g/mol. The smallest absolute Gasteiger partial charge is 0.422 e. The fourth-order valence-electron chi connectivity index (χ4n) is 2.93. The largest absolute Gasteiger partial charge is 0.488 e. The molecule has 6 nitrogen and oxygen atoms in total. The summed E-state index contributed by atoms with van der Waals surface area (Å²) in [7, 11) is 0. The van der Waals surface area contributed by atoms with Gasteiger partial charge in [-0.25, -0.2) is 4.79 Å². The lowest BCUT2D eigenvalue weighted by atomic mass is 10.1. The van der Waals surface area contributed by atoms with E-state index in [0.717, 1.165) is 18.2 Å². The molecule has 2 aromatic carbocycles. The molecule has 0 aliphatic rings. The number of ether oxygens (including phenoxy) is 4. The van der Waals surface area contributed by atoms with Crippen LogP contribution in [0.3, 0.4) is 0 Å². The Kier molecular flexibility index (Phi) is 11.8. The van der Waals surface area contributed by atoms with Gasteiger partial charge in [0.2, 0.25) is 0 Å². The fourth-order valence-corrected chi connectivity index (χ4v) is 3.19. The number of hydrogen-bond donors (Lipinski definition) is 1. The van der Waals surface area contributed by atoms with Gasteiger partial charge in [0.05, 0.1) is 5.02 Å². The summed E-state index contributed by atoms with van der Waals surface area (Å²) in [5, 5.41) is 9.43. The van der Waals surface area contributed by atoms with Crippen LogP contribution in [0.4, 0.5) is 26.3 Å². The second kappa shape index (κ2) is 14.6. The molecule has 13 heteroatoms. The minimum atomic E-state index is -4.65. The number of aliphatic carboxylic acids is 1. The van der Waals surface area contributed by atoms with Gasteiger partial charge in [-0.2, -0.15) is 26.3 Å². The first-order valence-electron chi connectivity index (χ1n) is 11.2. The van der Waals surface area contributed by atoms with Crippen LogP contribution < -0.4 is 14.2 Å². The second-order valence-electron chi connectivity index (χ2n) is 7.73. The Balaban J connectivity index is 2.02. The van der Waals surface area contributed by atoms with Gasteiger partial charge in [-0.3, -0.25) is 0 Å². The van der Waals surface area contributed by atoms with E-state index in [-0.39, 0.29) is 41.7 Å². The molecule has 1 atom stereocenters. The molecule has 0 aromatic heterocycles. The minimum Gasteiger partial charge on any atom is -0.488 e. The summed E-state index contributed by atoms with van der Waals surface area (Å²) >= 11 is 6.20. The number of rotatable bonds is 12. The topological polar surface area (TPSA) is 74.2 Å². The first-order chi connectivity index (χ1) is 18.3. The third kappa shape index (κ3) is 12.7. The number of alkyl halides is 6. The van der Waals surface area contributed by atoms with Crippen LogP contribution in [0.25, 0.3) is 0 Å². The van der Waals surface area contributed by atoms with Crippen LogP contribution in [0.2, 0.25) is 5.02 Å². The molecule has 0 aliphatic heterocycles. The van der Waals surface area contributed by atoms with E-state index in [4.69, 9.17) is 21.1 Å². The van der Waals surface area contributed by atoms with E-state index < -0.39 is 37.6 Å². The van der Waals surface area contributed by atoms with Crippen molar-refractivity contribution >= 4 is 17.6 Å². The first-order valence-corrected chi connectivity index (χ1v) is 11.6. The average molecular weight is 581 g/mol. The van der Waals surface area contributed by atoms with Crippen LogP contribution in [0.1, 0.15) is 18.1 Å². The summed E-state index contributed by atoms with van der Waals surface area (Å²) in [6.45, 7) is -1.33. The van der Waals surface area contributed by atoms with Crippen molar-refractivity contribution in [1.29, 1.82) is 0 Å². The molecule has 0 spiro atoms. The maximum Gasteiger partial charge on any atom is 0.422 e. The first kappa shape index (κ1) is 31.7. The zero-order valence-corrected chi connectivity index (χ0v) is 21.1. The van der Waals surface area contributed by atoms with Crippen LogP contribution in [0, 0.1) is 11.8 Å². The van der Waals surface area contributed by atoms with Gasteiger partial charge in [0, 0.05) is 24.7 Å². The lowest BCUT2D eigenvalue weighted by Gasteiger charge is -2.13. The number of allylic oxidation sites excluding steroid dienone is 1. The van der Waals surface area contributed by atoms with E-state index in [2.05, 4.69) is 21.3 Å². The maximum atomic E-state index is 12.5. The highest BCUT2D eigenvalue weighted by atomic mass is 35.5. The van der Waals surface area contributed by atoms with Gasteiger partial charge in [-0.05, 0) is 48.9 Å². The molecule has 2 rings (SSSR count). The van der Waals surface area contributed by atoms with E-state index >= 15 is 0 Å². The SMILES string of the molecule is CCO[C@@H](Cc1ccc(OCC=CC#Cc2cc(OCC(F)(F)F)cc(OCC(F)(F)F)c2)c(Cl)c1)C(=O)O. The third-order valence-corrected chi connectivity index (χ3v) is 4.79. The van der Waals surface area contributed by atoms with Crippen molar-refractivity contribution in [3.05, 3.63) is 64.7 Å². The molecule has 0 saturated carbocycles. The normalized spacial score (nSPS) is 12.5. The molecule has 0 unspecified atom stereocenters. The number of halogens is 7. The quantitative estimate of drug-likeness (QED) is 0.237. The number of benzene rings is 2. The molecule has 0 fully saturated rings. The number of hydrogen-bond acceptors (Lipinski definition) is 5. The summed E-state index contributed by atoms with van der Waals surface area (Å²) in [5.41, 5.74) is 0.692. The van der Waals surface area contributed by atoms with Gasteiger partial charge < -0.3 is 24.1 Å². The van der Waals surface area contributed by atoms with Crippen LogP contribution in [-0.2, 0) is 16.0 Å². The summed E-state index contributed by atoms with van der Waals surface area (Å²) in [6, 6.07) is 7.93. The van der Waals surface area contributed by atoms with Crippen LogP contribution in [0.5, 0.6) is 17.2 Å². The Morgan fingerprint density at radius 3 is 2.13 bits per heavy atom. The van der Waals surface area contributed by atoms with E-state index in [0.29, 0.717) is 11.3 Å². The molecule has 0 amide bonds. The van der Waals surface area contributed by atoms with Crippen molar-refractivity contribution in [2.24, 2.45) is 0 Å². The Labute approximate surface area is 225 Å². The molecule has 0 aliphatic carbocycles. The molecular formula is C26H23ClF6O6. The van der Waals surface area contributed by atoms with Crippen LogP contribution >= 0.6 is 11.6 Å². The Hall–Kier alpha value is -3.56. The van der Waals surface area contributed by atoms with Crippen molar-refractivity contribution in [2.75, 3.05) is 26.4 Å². The molecule has 0 saturated heterocycles. The summed E-state index contributed by atoms with van der Waals surface area (Å²) in [5.74, 6) is 3.66. The van der Waals surface area contributed by atoms with Crippen molar-refractivity contribution in [3.63, 3.8) is 0 Å². The van der Waals surface area contributed by atoms with Crippen LogP contribution in [0.15, 0.2) is 48.6 Å². The zero-order chi connectivity index (χ0) is 29.1. The van der Waals surface area contributed by atoms with Crippen molar-refractivity contribution in [1.82, 2.24) is 0 Å². The standard InChI is InChI=1S/C26H23ClF6O6/c1-2-36-23(24(34)35)13-18-7-8-22(21(27)12-18)37-9-5-3-4-6-17-10-19(38-15-25(28,29)30)14-20(11-17)39-16-26(31,32)33/h3,5,7-8,10-12,14,23H,2,9,13,15-16H2,1H3,(H,34,35)/t23-/m0/s1. The highest BCUT2D eigenvalue weighted by Gasteiger charge is 2.30. The average Bonchev–Trinajstić information content (AvgIpc) is 2.83. The molecular weight excluding hydrogens is 558 g/mol. The number of carboxylic acid groups (broad SMARTS) is 1. The Morgan fingerprint density at radius 2 is 1.62 bits per heavy atom. The van der Waals surface area contributed by atoms with Gasteiger partial charge in [0.15, 0.2) is 19.3 Å². The number of carbonyl (C=O) groups is 1. The lowest BCUT2D eigenvalue weighted by molar-refractivity contribution is -0.154. The molecule has 1 N–H and O–H groups in total. The predicted molar refractivity (Wildman–Crippen MR) is 129 cm³/mol. The van der Waals surface area contributed by atoms with Crippen molar-refractivity contribution in [3.8, 4) is 29.1 Å². The minimum absolute atomic E-state index is 0.0269. The maximum absolute atomic E-state index is 12.5. The highest BCUT2D eigenvalue weighted by molar-refractivity contribution is 6.32. The summed E-state index contributed by atoms with van der Waals surface area (Å²) in [6.07, 6.45) is -7.33. The highest BCUT2D eigenvalue weighted by Crippen LogP contribution is 2.28. The van der Waals surface area contributed by atoms with Gasteiger partial charge in [-0.15, -0.1) is 0 Å². The molecule has 0 radical (unpaired) electrons. The van der Waals surface area contributed by atoms with Gasteiger partial charge in [-0.1, -0.05) is 29.5 Å². The Morgan fingerprint density at radius 1 is 1.00 bits per heavy atom. The van der Waals surface area contributed by atoms with Crippen LogP contribution in [-0.4, -0.2) is 56.0 Å². The third-order valence-electron chi connectivity index (χ3n) is 4.50. The van der Waals surface area contributed by atoms with E-state index in [1.54, 1.807) is 25.1 Å². The molecule has 0 heterocycles. The summed E-state index contributed by atoms with van der Waals surface area (Å²) < 4.78 is 94.6. The predicted octanol–water partition coefficient (Wildman–Crippen LogP) is 6.24. The second-order valence-corrected chi connectivity index (χ2v) is 8.14. The Bertz CT molecular complexity index is 1160. The van der Waals surface area contributed by atoms with Crippen molar-refractivity contribution < 1.29 is 55.2 Å². The van der Waals surface area contributed by atoms with Gasteiger partial charge >= 0.3 is 18.3 Å². The fraction of sp³-hybridized carbons (Fsp3) is 0.346. The lowest BCUT2D eigenvalue weighted by Crippen LogP contribution is -2.26. The molecule has 39 heavy (non-hydrogen) atoms. The van der Waals surface area contributed by atoms with E-state index in [1.807, 2.05) is 0 Å². The van der Waals surface area contributed by atoms with Gasteiger partial charge in [0.1, 0.15) is 23.9 Å². The molecule has 2 aromatic rings. The van der Waals surface area contributed by atoms with Gasteiger partial charge in [0.25, 0.3) is 0 Å². The molecule has 212 valence electrons. The van der Waals surface area contributed by atoms with E-state index in [9.17, 15) is 36.2 Å².